The maximum absolute atomic E-state index is 13.1. The second-order valence-electron chi connectivity index (χ2n) is 7.85. The number of hydrogen-bond acceptors (Lipinski definition) is 4. The molecule has 1 aliphatic carbocycles. The number of amides is 1. The predicted octanol–water partition coefficient (Wildman–Crippen LogP) is 4.02. The summed E-state index contributed by atoms with van der Waals surface area (Å²) in [6.07, 6.45) is 5.47. The van der Waals surface area contributed by atoms with Gasteiger partial charge in [0.2, 0.25) is 0 Å². The van der Waals surface area contributed by atoms with Gasteiger partial charge in [-0.05, 0) is 73.9 Å². The number of pyridine rings is 1. The SMILES string of the molecule is Cc1ccc(S(=O)(=O)N(C)c2ccc(C(=O)N(Cc3ccncc3)C3CC3)cc2)cc1. The van der Waals surface area contributed by atoms with Gasteiger partial charge in [0.15, 0.2) is 0 Å². The van der Waals surface area contributed by atoms with Crippen LogP contribution < -0.4 is 4.31 Å². The van der Waals surface area contributed by atoms with E-state index in [-0.39, 0.29) is 16.8 Å². The van der Waals surface area contributed by atoms with Gasteiger partial charge in [-0.15, -0.1) is 0 Å². The third-order valence-corrected chi connectivity index (χ3v) is 7.31. The van der Waals surface area contributed by atoms with Gasteiger partial charge < -0.3 is 4.90 Å². The third-order valence-electron chi connectivity index (χ3n) is 5.51. The maximum atomic E-state index is 13.1. The molecule has 0 N–H and O–H groups in total. The number of aryl methyl sites for hydroxylation is 1. The van der Waals surface area contributed by atoms with E-state index in [1.54, 1.807) is 60.9 Å². The van der Waals surface area contributed by atoms with Crippen molar-refractivity contribution >= 4 is 21.6 Å². The van der Waals surface area contributed by atoms with Crippen LogP contribution in [0.4, 0.5) is 5.69 Å². The summed E-state index contributed by atoms with van der Waals surface area (Å²) in [5, 5.41) is 0. The van der Waals surface area contributed by atoms with Crippen molar-refractivity contribution in [2.45, 2.75) is 37.2 Å². The van der Waals surface area contributed by atoms with Crippen molar-refractivity contribution in [3.8, 4) is 0 Å². The Hall–Kier alpha value is -3.19. The highest BCUT2D eigenvalue weighted by Gasteiger charge is 2.33. The number of sulfonamides is 1. The first-order valence-electron chi connectivity index (χ1n) is 10.2. The van der Waals surface area contributed by atoms with E-state index in [0.29, 0.717) is 17.8 Å². The molecule has 1 aromatic heterocycles. The number of anilines is 1. The highest BCUT2D eigenvalue weighted by Crippen LogP contribution is 2.30. The van der Waals surface area contributed by atoms with Crippen molar-refractivity contribution in [3.05, 3.63) is 89.7 Å². The van der Waals surface area contributed by atoms with Crippen molar-refractivity contribution in [1.29, 1.82) is 0 Å². The van der Waals surface area contributed by atoms with Crippen LogP contribution in [0.25, 0.3) is 0 Å². The number of nitrogens with zero attached hydrogens (tertiary/aromatic N) is 3. The van der Waals surface area contributed by atoms with Crippen LogP contribution in [0.2, 0.25) is 0 Å². The molecule has 6 nitrogen and oxygen atoms in total. The second-order valence-corrected chi connectivity index (χ2v) is 9.82. The Kier molecular flexibility index (Phi) is 5.78. The Morgan fingerprint density at radius 3 is 2.16 bits per heavy atom. The van der Waals surface area contributed by atoms with Gasteiger partial charge >= 0.3 is 0 Å². The van der Waals surface area contributed by atoms with Gasteiger partial charge in [-0.2, -0.15) is 0 Å². The maximum Gasteiger partial charge on any atom is 0.264 e. The molecule has 0 atom stereocenters. The summed E-state index contributed by atoms with van der Waals surface area (Å²) < 4.78 is 27.1. The van der Waals surface area contributed by atoms with Crippen molar-refractivity contribution < 1.29 is 13.2 Å². The fourth-order valence-corrected chi connectivity index (χ4v) is 4.62. The summed E-state index contributed by atoms with van der Waals surface area (Å²) in [6, 6.07) is 17.6. The molecule has 3 aromatic rings. The molecule has 0 radical (unpaired) electrons. The van der Waals surface area contributed by atoms with Crippen LogP contribution in [0.15, 0.2) is 78.0 Å². The summed E-state index contributed by atoms with van der Waals surface area (Å²) >= 11 is 0. The molecule has 160 valence electrons. The van der Waals surface area contributed by atoms with E-state index in [1.165, 1.54) is 11.4 Å². The molecule has 0 bridgehead atoms. The monoisotopic (exact) mass is 435 g/mol. The Morgan fingerprint density at radius 2 is 1.58 bits per heavy atom. The largest absolute Gasteiger partial charge is 0.331 e. The van der Waals surface area contributed by atoms with Crippen LogP contribution in [-0.4, -0.2) is 37.3 Å². The molecule has 0 saturated heterocycles. The van der Waals surface area contributed by atoms with Gasteiger partial charge in [-0.3, -0.25) is 14.1 Å². The Labute approximate surface area is 183 Å². The van der Waals surface area contributed by atoms with E-state index in [1.807, 2.05) is 24.0 Å². The fourth-order valence-electron chi connectivity index (χ4n) is 3.42. The minimum atomic E-state index is -3.67. The van der Waals surface area contributed by atoms with E-state index in [9.17, 15) is 13.2 Å². The first-order valence-corrected chi connectivity index (χ1v) is 11.7. The molecule has 0 spiro atoms. The van der Waals surface area contributed by atoms with Crippen LogP contribution in [0.5, 0.6) is 0 Å². The van der Waals surface area contributed by atoms with Gasteiger partial charge in [0.25, 0.3) is 15.9 Å². The molecule has 1 heterocycles. The zero-order chi connectivity index (χ0) is 22.0. The normalized spacial score (nSPS) is 13.6. The van der Waals surface area contributed by atoms with Crippen molar-refractivity contribution in [2.24, 2.45) is 0 Å². The van der Waals surface area contributed by atoms with E-state index in [0.717, 1.165) is 24.0 Å². The van der Waals surface area contributed by atoms with E-state index >= 15 is 0 Å². The summed E-state index contributed by atoms with van der Waals surface area (Å²) in [7, 11) is -2.15. The molecule has 2 aromatic carbocycles. The molecule has 7 heteroatoms. The zero-order valence-electron chi connectivity index (χ0n) is 17.6. The number of benzene rings is 2. The molecule has 1 fully saturated rings. The highest BCUT2D eigenvalue weighted by atomic mass is 32.2. The molecular weight excluding hydrogens is 410 g/mol. The number of rotatable bonds is 7. The first-order chi connectivity index (χ1) is 14.9. The Morgan fingerprint density at radius 1 is 0.968 bits per heavy atom. The first kappa shape index (κ1) is 21.1. The lowest BCUT2D eigenvalue weighted by molar-refractivity contribution is 0.0730. The third kappa shape index (κ3) is 4.61. The average Bonchev–Trinajstić information content (AvgIpc) is 3.63. The van der Waals surface area contributed by atoms with Crippen LogP contribution in [0.1, 0.15) is 34.3 Å². The van der Waals surface area contributed by atoms with Crippen molar-refractivity contribution in [1.82, 2.24) is 9.88 Å². The Bertz CT molecular complexity index is 1160. The summed E-state index contributed by atoms with van der Waals surface area (Å²) in [5.74, 6) is -0.0464. The van der Waals surface area contributed by atoms with Crippen LogP contribution in [-0.2, 0) is 16.6 Å². The average molecular weight is 436 g/mol. The quantitative estimate of drug-likeness (QED) is 0.562. The Balaban J connectivity index is 1.52. The summed E-state index contributed by atoms with van der Waals surface area (Å²) in [4.78, 5) is 19.3. The van der Waals surface area contributed by atoms with Gasteiger partial charge in [-0.25, -0.2) is 8.42 Å². The van der Waals surface area contributed by atoms with Crippen molar-refractivity contribution in [3.63, 3.8) is 0 Å². The molecule has 4 rings (SSSR count). The van der Waals surface area contributed by atoms with Crippen molar-refractivity contribution in [2.75, 3.05) is 11.4 Å². The van der Waals surface area contributed by atoms with E-state index in [4.69, 9.17) is 0 Å². The smallest absolute Gasteiger partial charge is 0.264 e. The second kappa shape index (κ2) is 8.51. The summed E-state index contributed by atoms with van der Waals surface area (Å²) in [6.45, 7) is 2.45. The van der Waals surface area contributed by atoms with Gasteiger partial charge in [0, 0.05) is 37.6 Å². The van der Waals surface area contributed by atoms with Gasteiger partial charge in [-0.1, -0.05) is 17.7 Å². The molecule has 1 aliphatic rings. The number of carbonyl (C=O) groups excluding carboxylic acids is 1. The standard InChI is InChI=1S/C24H25N3O3S/c1-18-3-11-23(12-4-18)31(29,30)26(2)21-7-5-20(6-8-21)24(28)27(22-9-10-22)17-19-13-15-25-16-14-19/h3-8,11-16,22H,9-10,17H2,1-2H3. The molecule has 1 saturated carbocycles. The predicted molar refractivity (Wildman–Crippen MR) is 120 cm³/mol. The molecule has 0 aliphatic heterocycles. The van der Waals surface area contributed by atoms with Crippen LogP contribution >= 0.6 is 0 Å². The van der Waals surface area contributed by atoms with Gasteiger partial charge in [0.05, 0.1) is 10.6 Å². The topological polar surface area (TPSA) is 70.6 Å². The lowest BCUT2D eigenvalue weighted by Gasteiger charge is -2.23. The number of carbonyl (C=O) groups is 1. The van der Waals surface area contributed by atoms with E-state index in [2.05, 4.69) is 4.98 Å². The minimum Gasteiger partial charge on any atom is -0.331 e. The lowest BCUT2D eigenvalue weighted by atomic mass is 10.1. The van der Waals surface area contributed by atoms with Crippen LogP contribution in [0, 0.1) is 6.92 Å². The number of hydrogen-bond donors (Lipinski definition) is 0. The van der Waals surface area contributed by atoms with E-state index < -0.39 is 10.0 Å². The van der Waals surface area contributed by atoms with Gasteiger partial charge in [0.1, 0.15) is 0 Å². The molecular formula is C24H25N3O3S. The fraction of sp³-hybridized carbons (Fsp3) is 0.250. The minimum absolute atomic E-state index is 0.0464. The lowest BCUT2D eigenvalue weighted by Crippen LogP contribution is -2.32. The molecule has 0 unspecified atom stereocenters. The molecule has 31 heavy (non-hydrogen) atoms. The summed E-state index contributed by atoms with van der Waals surface area (Å²) in [5.41, 5.74) is 3.09. The highest BCUT2D eigenvalue weighted by molar-refractivity contribution is 7.92. The number of aromatic nitrogens is 1. The van der Waals surface area contributed by atoms with Crippen LogP contribution in [0.3, 0.4) is 0 Å². The zero-order valence-corrected chi connectivity index (χ0v) is 18.4. The molecule has 1 amide bonds.